The van der Waals surface area contributed by atoms with Crippen LogP contribution in [0.4, 0.5) is 0 Å². The third-order valence-electron chi connectivity index (χ3n) is 2.27. The van der Waals surface area contributed by atoms with Crippen LogP contribution >= 0.6 is 0 Å². The molecule has 0 aromatic rings. The highest BCUT2D eigenvalue weighted by molar-refractivity contribution is 5.05. The second-order valence-corrected chi connectivity index (χ2v) is 2.82. The van der Waals surface area contributed by atoms with E-state index < -0.39 is 0 Å². The first kappa shape index (κ1) is 8.44. The summed E-state index contributed by atoms with van der Waals surface area (Å²) in [7, 11) is 0. The van der Waals surface area contributed by atoms with Gasteiger partial charge in [-0.2, -0.15) is 0 Å². The van der Waals surface area contributed by atoms with Crippen molar-refractivity contribution in [1.29, 1.82) is 0 Å². The minimum atomic E-state index is 0.775. The first-order valence-corrected chi connectivity index (χ1v) is 4.57. The van der Waals surface area contributed by atoms with Gasteiger partial charge in [-0.05, 0) is 12.8 Å². The Hall–Kier alpha value is -0.660. The Morgan fingerprint density at radius 3 is 2.91 bits per heavy atom. The molecule has 64 valence electrons. The lowest BCUT2D eigenvalue weighted by Crippen LogP contribution is -2.21. The summed E-state index contributed by atoms with van der Waals surface area (Å²) in [6.45, 7) is 10.3. The summed E-state index contributed by atoms with van der Waals surface area (Å²) >= 11 is 0. The minimum absolute atomic E-state index is 0.775. The van der Waals surface area contributed by atoms with Crippen LogP contribution in [-0.2, 0) is 0 Å². The Labute approximate surface area is 69.3 Å². The van der Waals surface area contributed by atoms with Crippen LogP contribution in [0, 0.1) is 0 Å². The molecular weight excluding hydrogens is 136 g/mol. The molecular formula is C9H18N2. The van der Waals surface area contributed by atoms with Gasteiger partial charge in [0, 0.05) is 19.1 Å². The second-order valence-electron chi connectivity index (χ2n) is 2.82. The quantitative estimate of drug-likeness (QED) is 0.569. The molecule has 0 saturated carbocycles. The zero-order valence-electron chi connectivity index (χ0n) is 7.56. The van der Waals surface area contributed by atoms with E-state index in [2.05, 4.69) is 16.8 Å². The van der Waals surface area contributed by atoms with Crippen LogP contribution in [-0.4, -0.2) is 24.0 Å². The predicted molar refractivity (Wildman–Crippen MR) is 48.2 cm³/mol. The average molecular weight is 154 g/mol. The van der Waals surface area contributed by atoms with E-state index in [1.165, 1.54) is 19.4 Å². The SMILES string of the molecule is C=C1NCC2CCCN12.CC. The zero-order chi connectivity index (χ0) is 8.27. The second kappa shape index (κ2) is 3.65. The third kappa shape index (κ3) is 1.50. The van der Waals surface area contributed by atoms with Crippen molar-refractivity contribution < 1.29 is 0 Å². The standard InChI is InChI=1S/C7H12N2.C2H6/c1-6-8-5-7-3-2-4-9(6)7;1-2/h7-8H,1-5H2;1-2H3. The lowest BCUT2D eigenvalue weighted by molar-refractivity contribution is 0.382. The van der Waals surface area contributed by atoms with Gasteiger partial charge in [0.2, 0.25) is 0 Å². The lowest BCUT2D eigenvalue weighted by atomic mass is 10.2. The Morgan fingerprint density at radius 2 is 2.27 bits per heavy atom. The summed E-state index contributed by atoms with van der Waals surface area (Å²) in [5, 5.41) is 3.25. The smallest absolute Gasteiger partial charge is 0.0942 e. The van der Waals surface area contributed by atoms with E-state index in [0.29, 0.717) is 0 Å². The van der Waals surface area contributed by atoms with Gasteiger partial charge >= 0.3 is 0 Å². The fourth-order valence-corrected chi connectivity index (χ4v) is 1.74. The molecule has 2 saturated heterocycles. The van der Waals surface area contributed by atoms with Crippen molar-refractivity contribution in [2.45, 2.75) is 32.7 Å². The maximum absolute atomic E-state index is 3.91. The monoisotopic (exact) mass is 154 g/mol. The Balaban J connectivity index is 0.000000281. The van der Waals surface area contributed by atoms with Gasteiger partial charge in [0.15, 0.2) is 0 Å². The number of rotatable bonds is 0. The van der Waals surface area contributed by atoms with Gasteiger partial charge in [-0.15, -0.1) is 0 Å². The van der Waals surface area contributed by atoms with Gasteiger partial charge in [-0.25, -0.2) is 0 Å². The molecule has 2 heterocycles. The fraction of sp³-hybridized carbons (Fsp3) is 0.778. The molecule has 2 fully saturated rings. The maximum Gasteiger partial charge on any atom is 0.0942 e. The Bertz CT molecular complexity index is 142. The van der Waals surface area contributed by atoms with Crippen molar-refractivity contribution in [2.75, 3.05) is 13.1 Å². The number of nitrogens with zero attached hydrogens (tertiary/aromatic N) is 1. The van der Waals surface area contributed by atoms with E-state index in [0.717, 1.165) is 18.4 Å². The summed E-state index contributed by atoms with van der Waals surface area (Å²) in [5.41, 5.74) is 0. The normalized spacial score (nSPS) is 27.3. The molecule has 11 heavy (non-hydrogen) atoms. The molecule has 0 amide bonds. The van der Waals surface area contributed by atoms with Gasteiger partial charge in [-0.3, -0.25) is 0 Å². The van der Waals surface area contributed by atoms with Crippen LogP contribution in [0.3, 0.4) is 0 Å². The van der Waals surface area contributed by atoms with Gasteiger partial charge in [0.05, 0.1) is 5.82 Å². The molecule has 2 aliphatic rings. The average Bonchev–Trinajstić information content (AvgIpc) is 2.60. The highest BCUT2D eigenvalue weighted by Gasteiger charge is 2.29. The molecule has 0 aromatic heterocycles. The van der Waals surface area contributed by atoms with Gasteiger partial charge in [-0.1, -0.05) is 20.4 Å². The zero-order valence-corrected chi connectivity index (χ0v) is 7.56. The summed E-state index contributed by atoms with van der Waals surface area (Å²) in [6, 6.07) is 0.775. The first-order valence-electron chi connectivity index (χ1n) is 4.57. The molecule has 2 heteroatoms. The van der Waals surface area contributed by atoms with E-state index in [1.807, 2.05) is 13.8 Å². The molecule has 1 atom stereocenters. The van der Waals surface area contributed by atoms with E-state index in [-0.39, 0.29) is 0 Å². The Morgan fingerprint density at radius 1 is 1.55 bits per heavy atom. The molecule has 0 radical (unpaired) electrons. The van der Waals surface area contributed by atoms with Crippen molar-refractivity contribution in [3.05, 3.63) is 12.4 Å². The maximum atomic E-state index is 3.91. The largest absolute Gasteiger partial charge is 0.370 e. The van der Waals surface area contributed by atoms with Crippen molar-refractivity contribution in [3.8, 4) is 0 Å². The van der Waals surface area contributed by atoms with Gasteiger partial charge < -0.3 is 10.2 Å². The fourth-order valence-electron chi connectivity index (χ4n) is 1.74. The van der Waals surface area contributed by atoms with E-state index >= 15 is 0 Å². The van der Waals surface area contributed by atoms with Gasteiger partial charge in [0.1, 0.15) is 0 Å². The molecule has 2 rings (SSSR count). The van der Waals surface area contributed by atoms with Crippen molar-refractivity contribution in [1.82, 2.24) is 10.2 Å². The summed E-state index contributed by atoms with van der Waals surface area (Å²) < 4.78 is 0. The van der Waals surface area contributed by atoms with Crippen molar-refractivity contribution in [3.63, 3.8) is 0 Å². The summed E-state index contributed by atoms with van der Waals surface area (Å²) in [6.07, 6.45) is 2.71. The minimum Gasteiger partial charge on any atom is -0.370 e. The van der Waals surface area contributed by atoms with Gasteiger partial charge in [0.25, 0.3) is 0 Å². The highest BCUT2D eigenvalue weighted by Crippen LogP contribution is 2.23. The molecule has 1 unspecified atom stereocenters. The van der Waals surface area contributed by atoms with Crippen LogP contribution in [0.2, 0.25) is 0 Å². The van der Waals surface area contributed by atoms with Crippen LogP contribution in [0.1, 0.15) is 26.7 Å². The highest BCUT2D eigenvalue weighted by atomic mass is 15.3. The Kier molecular flexibility index (Phi) is 2.80. The predicted octanol–water partition coefficient (Wildman–Crippen LogP) is 1.55. The molecule has 0 bridgehead atoms. The number of hydrogen-bond donors (Lipinski definition) is 1. The number of fused-ring (bicyclic) bond motifs is 1. The summed E-state index contributed by atoms with van der Waals surface area (Å²) in [4.78, 5) is 2.38. The van der Waals surface area contributed by atoms with E-state index in [1.54, 1.807) is 0 Å². The van der Waals surface area contributed by atoms with E-state index in [4.69, 9.17) is 0 Å². The van der Waals surface area contributed by atoms with Crippen LogP contribution in [0.25, 0.3) is 0 Å². The first-order chi connectivity index (χ1) is 5.38. The van der Waals surface area contributed by atoms with E-state index in [9.17, 15) is 0 Å². The molecule has 2 nitrogen and oxygen atoms in total. The number of hydrogen-bond acceptors (Lipinski definition) is 2. The van der Waals surface area contributed by atoms with Crippen LogP contribution in [0.15, 0.2) is 12.4 Å². The van der Waals surface area contributed by atoms with Crippen LogP contribution < -0.4 is 5.32 Å². The van der Waals surface area contributed by atoms with Crippen molar-refractivity contribution in [2.24, 2.45) is 0 Å². The molecule has 2 aliphatic heterocycles. The molecule has 0 aromatic carbocycles. The third-order valence-corrected chi connectivity index (χ3v) is 2.27. The molecule has 0 aliphatic carbocycles. The topological polar surface area (TPSA) is 15.3 Å². The molecule has 1 N–H and O–H groups in total. The van der Waals surface area contributed by atoms with Crippen molar-refractivity contribution >= 4 is 0 Å². The molecule has 0 spiro atoms. The summed E-state index contributed by atoms with van der Waals surface area (Å²) in [5.74, 6) is 1.14. The number of nitrogens with one attached hydrogen (secondary N) is 1. The van der Waals surface area contributed by atoms with Crippen LogP contribution in [0.5, 0.6) is 0 Å². The lowest BCUT2D eigenvalue weighted by Gasteiger charge is -2.15.